The molecule has 0 aliphatic heterocycles. The fraction of sp³-hybridized carbons (Fsp3) is 0.462. The zero-order valence-corrected chi connectivity index (χ0v) is 11.1. The summed E-state index contributed by atoms with van der Waals surface area (Å²) in [4.78, 5) is 11.4. The molecule has 1 aromatic rings. The van der Waals surface area contributed by atoms with E-state index in [9.17, 15) is 13.6 Å². The molecule has 1 N–H and O–H groups in total. The van der Waals surface area contributed by atoms with Crippen LogP contribution in [0, 0.1) is 5.92 Å². The van der Waals surface area contributed by atoms with Gasteiger partial charge in [-0.1, -0.05) is 19.9 Å². The number of halogens is 2. The van der Waals surface area contributed by atoms with Gasteiger partial charge in [0, 0.05) is 12.5 Å². The van der Waals surface area contributed by atoms with Crippen LogP contribution in [0.1, 0.15) is 19.4 Å². The molecule has 0 saturated carbocycles. The maximum absolute atomic E-state index is 12.2. The molecular formula is C13H17F2NO3. The van der Waals surface area contributed by atoms with Gasteiger partial charge in [-0.05, 0) is 17.7 Å². The summed E-state index contributed by atoms with van der Waals surface area (Å²) in [6.45, 7) is 0.874. The van der Waals surface area contributed by atoms with E-state index >= 15 is 0 Å². The number of amides is 1. The van der Waals surface area contributed by atoms with Crippen LogP contribution in [0.3, 0.4) is 0 Å². The van der Waals surface area contributed by atoms with Crippen molar-refractivity contribution in [3.05, 3.63) is 23.8 Å². The third-order valence-corrected chi connectivity index (χ3v) is 2.44. The molecule has 0 heterocycles. The van der Waals surface area contributed by atoms with Gasteiger partial charge in [-0.3, -0.25) is 4.79 Å². The van der Waals surface area contributed by atoms with Crippen molar-refractivity contribution in [1.29, 1.82) is 0 Å². The van der Waals surface area contributed by atoms with Gasteiger partial charge in [-0.2, -0.15) is 8.78 Å². The van der Waals surface area contributed by atoms with E-state index in [4.69, 9.17) is 4.74 Å². The van der Waals surface area contributed by atoms with Crippen molar-refractivity contribution in [1.82, 2.24) is 5.32 Å². The molecule has 0 spiro atoms. The van der Waals surface area contributed by atoms with Gasteiger partial charge in [-0.15, -0.1) is 0 Å². The maximum Gasteiger partial charge on any atom is 0.387 e. The third kappa shape index (κ3) is 4.73. The largest absolute Gasteiger partial charge is 0.493 e. The van der Waals surface area contributed by atoms with Gasteiger partial charge in [0.1, 0.15) is 0 Å². The smallest absolute Gasteiger partial charge is 0.387 e. The molecule has 0 saturated heterocycles. The minimum atomic E-state index is -2.92. The highest BCUT2D eigenvalue weighted by Gasteiger charge is 2.12. The Hall–Kier alpha value is -1.85. The summed E-state index contributed by atoms with van der Waals surface area (Å²) in [6.07, 6.45) is 0. The molecule has 1 amide bonds. The van der Waals surface area contributed by atoms with E-state index in [2.05, 4.69) is 10.1 Å². The minimum absolute atomic E-state index is 0.0474. The van der Waals surface area contributed by atoms with E-state index in [0.29, 0.717) is 5.56 Å². The number of carbonyl (C=O) groups is 1. The number of hydrogen-bond donors (Lipinski definition) is 1. The second-order valence-electron chi connectivity index (χ2n) is 4.24. The Morgan fingerprint density at radius 1 is 1.32 bits per heavy atom. The van der Waals surface area contributed by atoms with Gasteiger partial charge >= 0.3 is 6.61 Å². The monoisotopic (exact) mass is 273 g/mol. The van der Waals surface area contributed by atoms with Gasteiger partial charge in [0.05, 0.1) is 7.11 Å². The van der Waals surface area contributed by atoms with E-state index in [0.717, 1.165) is 0 Å². The first-order valence-corrected chi connectivity index (χ1v) is 5.83. The lowest BCUT2D eigenvalue weighted by molar-refractivity contribution is -0.124. The van der Waals surface area contributed by atoms with E-state index < -0.39 is 6.61 Å². The second-order valence-corrected chi connectivity index (χ2v) is 4.24. The average molecular weight is 273 g/mol. The number of benzene rings is 1. The number of rotatable bonds is 6. The van der Waals surface area contributed by atoms with E-state index in [1.54, 1.807) is 19.9 Å². The molecule has 0 radical (unpaired) electrons. The molecule has 0 aromatic heterocycles. The van der Waals surface area contributed by atoms with E-state index in [-0.39, 0.29) is 29.9 Å². The molecule has 6 heteroatoms. The molecule has 0 atom stereocenters. The highest BCUT2D eigenvalue weighted by atomic mass is 19.3. The lowest BCUT2D eigenvalue weighted by Gasteiger charge is -2.12. The van der Waals surface area contributed by atoms with Crippen molar-refractivity contribution in [3.63, 3.8) is 0 Å². The number of alkyl halides is 2. The molecule has 0 aliphatic carbocycles. The molecule has 4 nitrogen and oxygen atoms in total. The first-order valence-electron chi connectivity index (χ1n) is 5.83. The van der Waals surface area contributed by atoms with Crippen LogP contribution in [0.2, 0.25) is 0 Å². The van der Waals surface area contributed by atoms with Crippen LogP contribution in [0.25, 0.3) is 0 Å². The van der Waals surface area contributed by atoms with Crippen LogP contribution in [0.4, 0.5) is 8.78 Å². The third-order valence-electron chi connectivity index (χ3n) is 2.44. The van der Waals surface area contributed by atoms with Gasteiger partial charge in [-0.25, -0.2) is 0 Å². The number of carbonyl (C=O) groups excluding carboxylic acids is 1. The summed E-state index contributed by atoms with van der Waals surface area (Å²) in [5, 5.41) is 2.69. The molecule has 0 bridgehead atoms. The van der Waals surface area contributed by atoms with E-state index in [1.165, 1.54) is 19.2 Å². The molecule has 0 unspecified atom stereocenters. The summed E-state index contributed by atoms with van der Waals surface area (Å²) in [7, 11) is 1.37. The summed E-state index contributed by atoms with van der Waals surface area (Å²) < 4.78 is 33.8. The first kappa shape index (κ1) is 15.2. The summed E-state index contributed by atoms with van der Waals surface area (Å²) in [5.74, 6) is -0.0600. The summed E-state index contributed by atoms with van der Waals surface area (Å²) >= 11 is 0. The second kappa shape index (κ2) is 6.92. The Balaban J connectivity index is 2.77. The Kier molecular flexibility index (Phi) is 5.54. The maximum atomic E-state index is 12.2. The lowest BCUT2D eigenvalue weighted by atomic mass is 10.1. The van der Waals surface area contributed by atoms with Crippen LogP contribution in [-0.2, 0) is 11.3 Å². The predicted octanol–water partition coefficient (Wildman–Crippen LogP) is 2.57. The molecule has 1 aromatic carbocycles. The fourth-order valence-corrected chi connectivity index (χ4v) is 1.41. The SMILES string of the molecule is COc1ccc(CNC(=O)C(C)C)cc1OC(F)F. The molecule has 0 aliphatic rings. The van der Waals surface area contributed by atoms with Crippen molar-refractivity contribution < 1.29 is 23.0 Å². The minimum Gasteiger partial charge on any atom is -0.493 e. The zero-order chi connectivity index (χ0) is 14.4. The lowest BCUT2D eigenvalue weighted by Crippen LogP contribution is -2.27. The van der Waals surface area contributed by atoms with Crippen molar-refractivity contribution in [2.75, 3.05) is 7.11 Å². The van der Waals surface area contributed by atoms with Crippen LogP contribution >= 0.6 is 0 Å². The van der Waals surface area contributed by atoms with Gasteiger partial charge < -0.3 is 14.8 Å². The fourth-order valence-electron chi connectivity index (χ4n) is 1.41. The van der Waals surface area contributed by atoms with Crippen molar-refractivity contribution in [2.24, 2.45) is 5.92 Å². The zero-order valence-electron chi connectivity index (χ0n) is 11.1. The quantitative estimate of drug-likeness (QED) is 0.866. The van der Waals surface area contributed by atoms with Gasteiger partial charge in [0.25, 0.3) is 0 Å². The molecule has 19 heavy (non-hydrogen) atoms. The number of hydrogen-bond acceptors (Lipinski definition) is 3. The average Bonchev–Trinajstić information content (AvgIpc) is 2.35. The standard InChI is InChI=1S/C13H17F2NO3/c1-8(2)12(17)16-7-9-4-5-10(18-3)11(6-9)19-13(14)15/h4-6,8,13H,7H2,1-3H3,(H,16,17). The van der Waals surface area contributed by atoms with Gasteiger partial charge in [0.15, 0.2) is 11.5 Å². The molecule has 0 fully saturated rings. The Morgan fingerprint density at radius 2 is 2.00 bits per heavy atom. The molecular weight excluding hydrogens is 256 g/mol. The van der Waals surface area contributed by atoms with E-state index in [1.807, 2.05) is 0 Å². The van der Waals surface area contributed by atoms with Crippen LogP contribution in [0.15, 0.2) is 18.2 Å². The van der Waals surface area contributed by atoms with Crippen LogP contribution < -0.4 is 14.8 Å². The van der Waals surface area contributed by atoms with Crippen LogP contribution in [-0.4, -0.2) is 19.6 Å². The number of methoxy groups -OCH3 is 1. The van der Waals surface area contributed by atoms with Crippen molar-refractivity contribution >= 4 is 5.91 Å². The highest BCUT2D eigenvalue weighted by Crippen LogP contribution is 2.29. The summed E-state index contributed by atoms with van der Waals surface area (Å²) in [5.41, 5.74) is 0.658. The molecule has 106 valence electrons. The Labute approximate surface area is 110 Å². The normalized spacial score (nSPS) is 10.7. The summed E-state index contributed by atoms with van der Waals surface area (Å²) in [6, 6.07) is 4.62. The van der Waals surface area contributed by atoms with Crippen molar-refractivity contribution in [2.45, 2.75) is 27.0 Å². The Morgan fingerprint density at radius 3 is 2.53 bits per heavy atom. The van der Waals surface area contributed by atoms with Crippen LogP contribution in [0.5, 0.6) is 11.5 Å². The highest BCUT2D eigenvalue weighted by molar-refractivity contribution is 5.77. The predicted molar refractivity (Wildman–Crippen MR) is 66.3 cm³/mol. The number of ether oxygens (including phenoxy) is 2. The Bertz CT molecular complexity index is 436. The number of nitrogens with one attached hydrogen (secondary N) is 1. The topological polar surface area (TPSA) is 47.6 Å². The van der Waals surface area contributed by atoms with Gasteiger partial charge in [0.2, 0.25) is 5.91 Å². The van der Waals surface area contributed by atoms with Crippen molar-refractivity contribution in [3.8, 4) is 11.5 Å². The molecule has 1 rings (SSSR count). The first-order chi connectivity index (χ1) is 8.93.